The number of benzene rings is 1. The van der Waals surface area contributed by atoms with Gasteiger partial charge in [-0.3, -0.25) is 9.69 Å². The normalized spacial score (nSPS) is 15.9. The van der Waals surface area contributed by atoms with Gasteiger partial charge in [-0.15, -0.1) is 0 Å². The van der Waals surface area contributed by atoms with Gasteiger partial charge in [-0.05, 0) is 32.0 Å². The molecule has 28 heavy (non-hydrogen) atoms. The van der Waals surface area contributed by atoms with Crippen molar-refractivity contribution >= 4 is 12.0 Å². The number of rotatable bonds is 5. The zero-order chi connectivity index (χ0) is 20.3. The Kier molecular flexibility index (Phi) is 5.92. The number of nitrogens with zero attached hydrogens (tertiary/aromatic N) is 3. The number of carbonyl (C=O) groups excluding carboxylic acids is 2. The van der Waals surface area contributed by atoms with Crippen LogP contribution in [0.1, 0.15) is 31.1 Å². The van der Waals surface area contributed by atoms with Crippen LogP contribution in [0, 0.1) is 0 Å². The lowest BCUT2D eigenvalue weighted by Gasteiger charge is -2.39. The Labute approximate surface area is 165 Å². The summed E-state index contributed by atoms with van der Waals surface area (Å²) in [6, 6.07) is 11.3. The molecule has 1 aromatic carbocycles. The maximum atomic E-state index is 13.3. The van der Waals surface area contributed by atoms with Gasteiger partial charge in [0, 0.05) is 36.6 Å². The van der Waals surface area contributed by atoms with Crippen molar-refractivity contribution in [2.75, 3.05) is 27.3 Å². The van der Waals surface area contributed by atoms with Crippen LogP contribution >= 0.6 is 0 Å². The molecular formula is C21H27N3O4. The summed E-state index contributed by atoms with van der Waals surface area (Å²) in [7, 11) is 2.96. The second kappa shape index (κ2) is 8.37. The van der Waals surface area contributed by atoms with E-state index in [4.69, 9.17) is 9.47 Å². The fourth-order valence-corrected chi connectivity index (χ4v) is 3.68. The molecule has 0 saturated heterocycles. The van der Waals surface area contributed by atoms with Crippen LogP contribution in [0.5, 0.6) is 5.75 Å². The summed E-state index contributed by atoms with van der Waals surface area (Å²) in [6.07, 6.45) is 1.52. The Balaban J connectivity index is 1.97. The average Bonchev–Trinajstić information content (AvgIpc) is 3.19. The van der Waals surface area contributed by atoms with Crippen molar-refractivity contribution < 1.29 is 19.1 Å². The van der Waals surface area contributed by atoms with Crippen molar-refractivity contribution in [3.8, 4) is 5.75 Å². The van der Waals surface area contributed by atoms with Crippen LogP contribution in [0.3, 0.4) is 0 Å². The lowest BCUT2D eigenvalue weighted by atomic mass is 9.98. The maximum Gasteiger partial charge on any atom is 0.410 e. The third kappa shape index (κ3) is 3.69. The second-order valence-electron chi connectivity index (χ2n) is 7.05. The molecule has 7 nitrogen and oxygen atoms in total. The Bertz CT molecular complexity index is 846. The second-order valence-corrected chi connectivity index (χ2v) is 7.05. The van der Waals surface area contributed by atoms with Crippen LogP contribution in [0.15, 0.2) is 42.6 Å². The molecule has 3 rings (SSSR count). The smallest absolute Gasteiger partial charge is 0.410 e. The molecule has 0 radical (unpaired) electrons. The Morgan fingerprint density at radius 3 is 2.57 bits per heavy atom. The number of hydrogen-bond acceptors (Lipinski definition) is 4. The molecule has 2 heterocycles. The molecule has 0 fully saturated rings. The molecular weight excluding hydrogens is 358 g/mol. The minimum atomic E-state index is -0.502. The highest BCUT2D eigenvalue weighted by Crippen LogP contribution is 2.37. The predicted molar refractivity (Wildman–Crippen MR) is 105 cm³/mol. The number of hydrogen-bond donors (Lipinski definition) is 0. The van der Waals surface area contributed by atoms with E-state index in [2.05, 4.69) is 4.57 Å². The molecule has 0 spiro atoms. The average molecular weight is 385 g/mol. The van der Waals surface area contributed by atoms with Crippen LogP contribution in [0.25, 0.3) is 0 Å². The number of fused-ring (bicyclic) bond motifs is 1. The van der Waals surface area contributed by atoms with Gasteiger partial charge in [-0.1, -0.05) is 18.2 Å². The van der Waals surface area contributed by atoms with E-state index in [1.54, 1.807) is 7.11 Å². The monoisotopic (exact) mass is 385 g/mol. The first kappa shape index (κ1) is 19.8. The van der Waals surface area contributed by atoms with E-state index in [0.717, 1.165) is 17.0 Å². The van der Waals surface area contributed by atoms with Crippen LogP contribution in [-0.4, -0.2) is 59.7 Å². The van der Waals surface area contributed by atoms with Crippen molar-refractivity contribution in [2.24, 2.45) is 0 Å². The summed E-state index contributed by atoms with van der Waals surface area (Å²) in [5.74, 6) is 0.607. The number of para-hydroxylation sites is 1. The van der Waals surface area contributed by atoms with Gasteiger partial charge in [0.15, 0.2) is 0 Å². The topological polar surface area (TPSA) is 64.0 Å². The van der Waals surface area contributed by atoms with Crippen molar-refractivity contribution in [3.05, 3.63) is 53.9 Å². The van der Waals surface area contributed by atoms with Crippen LogP contribution < -0.4 is 4.74 Å². The summed E-state index contributed by atoms with van der Waals surface area (Å²) in [5, 5.41) is 0. The van der Waals surface area contributed by atoms with E-state index in [1.165, 1.54) is 12.0 Å². The number of aromatic nitrogens is 1. The van der Waals surface area contributed by atoms with E-state index in [-0.39, 0.29) is 24.5 Å². The lowest BCUT2D eigenvalue weighted by Crippen LogP contribution is -2.49. The summed E-state index contributed by atoms with van der Waals surface area (Å²) in [5.41, 5.74) is 1.95. The fourth-order valence-electron chi connectivity index (χ4n) is 3.68. The van der Waals surface area contributed by atoms with E-state index in [9.17, 15) is 9.59 Å². The van der Waals surface area contributed by atoms with Crippen LogP contribution in [-0.2, 0) is 16.1 Å². The molecule has 7 heteroatoms. The van der Waals surface area contributed by atoms with Gasteiger partial charge in [0.25, 0.3) is 0 Å². The van der Waals surface area contributed by atoms with Gasteiger partial charge in [-0.25, -0.2) is 4.79 Å². The molecule has 1 aliphatic heterocycles. The van der Waals surface area contributed by atoms with Gasteiger partial charge >= 0.3 is 6.09 Å². The van der Waals surface area contributed by atoms with E-state index >= 15 is 0 Å². The summed E-state index contributed by atoms with van der Waals surface area (Å²) in [4.78, 5) is 28.6. The predicted octanol–water partition coefficient (Wildman–Crippen LogP) is 2.91. The first-order valence-electron chi connectivity index (χ1n) is 9.40. The molecule has 0 bridgehead atoms. The number of carbonyl (C=O) groups is 2. The summed E-state index contributed by atoms with van der Waals surface area (Å²) in [6.45, 7) is 4.96. The van der Waals surface area contributed by atoms with Gasteiger partial charge in [0.2, 0.25) is 5.91 Å². The molecule has 2 aromatic rings. The minimum Gasteiger partial charge on any atom is -0.496 e. The first-order valence-corrected chi connectivity index (χ1v) is 9.40. The number of amides is 2. The minimum absolute atomic E-state index is 0.0311. The largest absolute Gasteiger partial charge is 0.496 e. The standard InChI is InChI=1S/C21H27N3O4/c1-15(2)24(21(26)28-4)14-19(25)23-13-12-22-11-7-9-17(22)20(23)16-8-5-6-10-18(16)27-3/h5-11,15,20H,12-14H2,1-4H3/t20-/m0/s1. The zero-order valence-corrected chi connectivity index (χ0v) is 16.8. The van der Waals surface area contributed by atoms with Crippen LogP contribution in [0.4, 0.5) is 4.79 Å². The highest BCUT2D eigenvalue weighted by Gasteiger charge is 2.35. The third-order valence-electron chi connectivity index (χ3n) is 5.13. The molecule has 0 saturated carbocycles. The molecule has 1 aromatic heterocycles. The molecule has 0 N–H and O–H groups in total. The van der Waals surface area contributed by atoms with E-state index < -0.39 is 6.09 Å². The van der Waals surface area contributed by atoms with Gasteiger partial charge in [0.1, 0.15) is 18.3 Å². The van der Waals surface area contributed by atoms with Crippen molar-refractivity contribution in [1.82, 2.24) is 14.4 Å². The molecule has 0 aliphatic carbocycles. The first-order chi connectivity index (χ1) is 13.5. The lowest BCUT2D eigenvalue weighted by molar-refractivity contribution is -0.135. The number of ether oxygens (including phenoxy) is 2. The van der Waals surface area contributed by atoms with E-state index in [0.29, 0.717) is 13.1 Å². The molecule has 2 amide bonds. The highest BCUT2D eigenvalue weighted by molar-refractivity contribution is 5.83. The third-order valence-corrected chi connectivity index (χ3v) is 5.13. The number of methoxy groups -OCH3 is 2. The van der Waals surface area contributed by atoms with Crippen molar-refractivity contribution in [1.29, 1.82) is 0 Å². The van der Waals surface area contributed by atoms with E-state index in [1.807, 2.05) is 61.3 Å². The summed E-state index contributed by atoms with van der Waals surface area (Å²) < 4.78 is 12.6. The van der Waals surface area contributed by atoms with Gasteiger partial charge < -0.3 is 18.9 Å². The van der Waals surface area contributed by atoms with Crippen molar-refractivity contribution in [3.63, 3.8) is 0 Å². The molecule has 150 valence electrons. The Hall–Kier alpha value is -2.96. The SMILES string of the molecule is COC(=O)N(CC(=O)N1CCn2cccc2[C@@H]1c1ccccc1OC)C(C)C. The van der Waals surface area contributed by atoms with Crippen LogP contribution in [0.2, 0.25) is 0 Å². The zero-order valence-electron chi connectivity index (χ0n) is 16.8. The fraction of sp³-hybridized carbons (Fsp3) is 0.429. The van der Waals surface area contributed by atoms with Crippen molar-refractivity contribution in [2.45, 2.75) is 32.5 Å². The van der Waals surface area contributed by atoms with Gasteiger partial charge in [-0.2, -0.15) is 0 Å². The van der Waals surface area contributed by atoms with Gasteiger partial charge in [0.05, 0.1) is 14.2 Å². The maximum absolute atomic E-state index is 13.3. The Morgan fingerprint density at radius 1 is 1.14 bits per heavy atom. The highest BCUT2D eigenvalue weighted by atomic mass is 16.5. The molecule has 0 unspecified atom stereocenters. The Morgan fingerprint density at radius 2 is 1.89 bits per heavy atom. The molecule has 1 aliphatic rings. The molecule has 1 atom stereocenters. The quantitative estimate of drug-likeness (QED) is 0.794. The summed E-state index contributed by atoms with van der Waals surface area (Å²) >= 11 is 0.